The zero-order valence-electron chi connectivity index (χ0n) is 18.3. The number of rotatable bonds is 7. The van der Waals surface area contributed by atoms with Crippen molar-refractivity contribution >= 4 is 38.9 Å². The Balaban J connectivity index is 1.63. The van der Waals surface area contributed by atoms with Crippen molar-refractivity contribution in [1.29, 1.82) is 0 Å². The van der Waals surface area contributed by atoms with Crippen molar-refractivity contribution in [3.05, 3.63) is 70.2 Å². The third-order valence-corrected chi connectivity index (χ3v) is 5.87. The summed E-state index contributed by atoms with van der Waals surface area (Å²) in [5, 5.41) is 10.5. The first-order chi connectivity index (χ1) is 15.5. The van der Waals surface area contributed by atoms with Crippen molar-refractivity contribution in [2.24, 2.45) is 4.99 Å². The van der Waals surface area contributed by atoms with Gasteiger partial charge in [0.05, 0.1) is 12.3 Å². The molecule has 1 atom stereocenters. The molecule has 3 aromatic carbocycles. The molecule has 164 valence electrons. The number of aromatic nitrogens is 1. The molecule has 0 aliphatic carbocycles. The lowest BCUT2D eigenvalue weighted by Crippen LogP contribution is -1.94. The molecule has 1 N–H and O–H groups in total. The largest absolute Gasteiger partial charge is 0.504 e. The quantitative estimate of drug-likeness (QED) is 0.269. The van der Waals surface area contributed by atoms with Crippen LogP contribution in [-0.4, -0.2) is 22.9 Å². The first kappa shape index (κ1) is 22.1. The van der Waals surface area contributed by atoms with Gasteiger partial charge >= 0.3 is 0 Å². The van der Waals surface area contributed by atoms with Crippen molar-refractivity contribution in [1.82, 2.24) is 4.98 Å². The molecule has 0 saturated carbocycles. The summed E-state index contributed by atoms with van der Waals surface area (Å²) >= 11 is 3.45. The van der Waals surface area contributed by atoms with Gasteiger partial charge in [-0.2, -0.15) is 0 Å². The van der Waals surface area contributed by atoms with Crippen molar-refractivity contribution in [3.63, 3.8) is 0 Å². The number of oxazole rings is 1. The van der Waals surface area contributed by atoms with E-state index in [-0.39, 0.29) is 5.75 Å². The summed E-state index contributed by atoms with van der Waals surface area (Å²) in [7, 11) is 0. The van der Waals surface area contributed by atoms with Crippen molar-refractivity contribution in [2.45, 2.75) is 33.1 Å². The summed E-state index contributed by atoms with van der Waals surface area (Å²) in [4.78, 5) is 9.23. The average molecular weight is 493 g/mol. The lowest BCUT2D eigenvalue weighted by atomic mass is 9.98. The van der Waals surface area contributed by atoms with Gasteiger partial charge in [-0.1, -0.05) is 41.9 Å². The predicted molar refractivity (Wildman–Crippen MR) is 132 cm³/mol. The molecule has 0 radical (unpaired) electrons. The van der Waals surface area contributed by atoms with E-state index in [4.69, 9.17) is 14.1 Å². The second-order valence-corrected chi connectivity index (χ2v) is 8.55. The predicted octanol–water partition coefficient (Wildman–Crippen LogP) is 7.63. The molecule has 0 aliphatic heterocycles. The van der Waals surface area contributed by atoms with Gasteiger partial charge in [0.25, 0.3) is 0 Å². The Morgan fingerprint density at radius 2 is 2.00 bits per heavy atom. The zero-order chi connectivity index (χ0) is 22.7. The number of phenolic OH excluding ortho intramolecular Hbond substituents is 1. The molecule has 1 unspecified atom stereocenters. The highest BCUT2D eigenvalue weighted by Crippen LogP contribution is 2.34. The molecule has 32 heavy (non-hydrogen) atoms. The lowest BCUT2D eigenvalue weighted by molar-refractivity contribution is 0.317. The first-order valence-electron chi connectivity index (χ1n) is 10.7. The van der Waals surface area contributed by atoms with Crippen molar-refractivity contribution in [2.75, 3.05) is 6.61 Å². The van der Waals surface area contributed by atoms with Crippen molar-refractivity contribution in [3.8, 4) is 23.0 Å². The molecule has 0 bridgehead atoms. The van der Waals surface area contributed by atoms with Crippen molar-refractivity contribution < 1.29 is 14.3 Å². The van der Waals surface area contributed by atoms with Crippen LogP contribution >= 0.6 is 15.9 Å². The Labute approximate surface area is 195 Å². The van der Waals surface area contributed by atoms with E-state index in [1.807, 2.05) is 37.3 Å². The molecule has 1 aromatic heterocycles. The van der Waals surface area contributed by atoms with Crippen LogP contribution in [-0.2, 0) is 0 Å². The van der Waals surface area contributed by atoms with Crippen LogP contribution in [0.3, 0.4) is 0 Å². The monoisotopic (exact) mass is 492 g/mol. The van der Waals surface area contributed by atoms with Crippen LogP contribution in [0.1, 0.15) is 44.2 Å². The van der Waals surface area contributed by atoms with E-state index in [2.05, 4.69) is 46.9 Å². The van der Waals surface area contributed by atoms with Gasteiger partial charge in [-0.05, 0) is 67.3 Å². The smallest absolute Gasteiger partial charge is 0.227 e. The molecular formula is C26H25BrN2O3. The second-order valence-electron chi connectivity index (χ2n) is 7.64. The second kappa shape index (κ2) is 9.57. The lowest BCUT2D eigenvalue weighted by Gasteiger charge is -2.08. The Bertz CT molecular complexity index is 1280. The molecule has 4 rings (SSSR count). The van der Waals surface area contributed by atoms with Crippen LogP contribution in [0.2, 0.25) is 0 Å². The third kappa shape index (κ3) is 4.70. The topological polar surface area (TPSA) is 67.9 Å². The minimum absolute atomic E-state index is 0.0611. The Morgan fingerprint density at radius 1 is 1.16 bits per heavy atom. The number of nitrogens with zero attached hydrogens (tertiary/aromatic N) is 2. The summed E-state index contributed by atoms with van der Waals surface area (Å²) in [5.41, 5.74) is 5.01. The number of ether oxygens (including phenoxy) is 1. The van der Waals surface area contributed by atoms with Crippen LogP contribution in [0.4, 0.5) is 5.69 Å². The average Bonchev–Trinajstić information content (AvgIpc) is 3.23. The summed E-state index contributed by atoms with van der Waals surface area (Å²) in [6.45, 7) is 6.73. The SMILES string of the molecule is CCOc1cc(Br)cc(C=Nc2cccc(-c3nc4cc(C(C)CC)ccc4o3)c2)c1O. The van der Waals surface area contributed by atoms with E-state index in [0.717, 1.165) is 33.2 Å². The number of aliphatic imine (C=N–C) groups is 1. The molecule has 4 aromatic rings. The highest BCUT2D eigenvalue weighted by atomic mass is 79.9. The van der Waals surface area contributed by atoms with E-state index >= 15 is 0 Å². The summed E-state index contributed by atoms with van der Waals surface area (Å²) in [5.74, 6) is 1.52. The van der Waals surface area contributed by atoms with Gasteiger partial charge in [0.1, 0.15) is 5.52 Å². The number of fused-ring (bicyclic) bond motifs is 1. The maximum Gasteiger partial charge on any atom is 0.227 e. The minimum atomic E-state index is 0.0611. The Hall–Kier alpha value is -3.12. The standard InChI is InChI=1S/C26H25BrN2O3/c1-4-16(3)17-9-10-23-22(13-17)29-26(32-23)18-7-6-8-21(12-18)28-15-19-11-20(27)14-24(25(19)30)31-5-2/h6-16,30H,4-5H2,1-3H3. The number of aromatic hydroxyl groups is 1. The summed E-state index contributed by atoms with van der Waals surface area (Å²) in [6.07, 6.45) is 2.70. The molecule has 0 saturated heterocycles. The van der Waals surface area contributed by atoms with Gasteiger partial charge in [-0.25, -0.2) is 4.98 Å². The number of benzene rings is 3. The summed E-state index contributed by atoms with van der Waals surface area (Å²) in [6, 6.07) is 17.4. The van der Waals surface area contributed by atoms with Gasteiger partial charge in [0, 0.05) is 21.8 Å². The van der Waals surface area contributed by atoms with Crippen LogP contribution < -0.4 is 4.74 Å². The Kier molecular flexibility index (Phi) is 6.61. The van der Waals surface area contributed by atoms with Gasteiger partial charge < -0.3 is 14.3 Å². The summed E-state index contributed by atoms with van der Waals surface area (Å²) < 4.78 is 12.3. The number of hydrogen-bond donors (Lipinski definition) is 1. The van der Waals surface area contributed by atoms with E-state index in [1.165, 1.54) is 5.56 Å². The fraction of sp³-hybridized carbons (Fsp3) is 0.231. The van der Waals surface area contributed by atoms with E-state index < -0.39 is 0 Å². The Morgan fingerprint density at radius 3 is 2.78 bits per heavy atom. The van der Waals surface area contributed by atoms with E-state index in [0.29, 0.717) is 29.7 Å². The molecule has 0 fully saturated rings. The van der Waals surface area contributed by atoms with E-state index in [9.17, 15) is 5.11 Å². The highest BCUT2D eigenvalue weighted by Gasteiger charge is 2.12. The molecule has 6 heteroatoms. The fourth-order valence-corrected chi connectivity index (χ4v) is 3.89. The van der Waals surface area contributed by atoms with Crippen LogP contribution in [0.25, 0.3) is 22.6 Å². The number of phenols is 1. The van der Waals surface area contributed by atoms with E-state index in [1.54, 1.807) is 18.3 Å². The molecular weight excluding hydrogens is 468 g/mol. The molecule has 5 nitrogen and oxygen atoms in total. The maximum absolute atomic E-state index is 10.5. The van der Waals surface area contributed by atoms with Gasteiger partial charge in [0.2, 0.25) is 5.89 Å². The van der Waals surface area contributed by atoms with Crippen LogP contribution in [0, 0.1) is 0 Å². The normalized spacial score (nSPS) is 12.5. The van der Waals surface area contributed by atoms with Crippen LogP contribution in [0.5, 0.6) is 11.5 Å². The maximum atomic E-state index is 10.5. The zero-order valence-corrected chi connectivity index (χ0v) is 19.9. The molecule has 0 spiro atoms. The molecule has 1 heterocycles. The number of halogens is 1. The highest BCUT2D eigenvalue weighted by molar-refractivity contribution is 9.10. The van der Waals surface area contributed by atoms with Gasteiger partial charge in [-0.15, -0.1) is 0 Å². The van der Waals surface area contributed by atoms with Gasteiger partial charge in [-0.3, -0.25) is 4.99 Å². The van der Waals surface area contributed by atoms with Gasteiger partial charge in [0.15, 0.2) is 17.1 Å². The van der Waals surface area contributed by atoms with Crippen LogP contribution in [0.15, 0.2) is 68.5 Å². The molecule has 0 amide bonds. The number of hydrogen-bond acceptors (Lipinski definition) is 5. The minimum Gasteiger partial charge on any atom is -0.504 e. The third-order valence-electron chi connectivity index (χ3n) is 5.41. The molecule has 0 aliphatic rings. The first-order valence-corrected chi connectivity index (χ1v) is 11.5. The fourth-order valence-electron chi connectivity index (χ4n) is 3.43.